The number of amides is 1. The monoisotopic (exact) mass is 456 g/mol. The summed E-state index contributed by atoms with van der Waals surface area (Å²) in [6.07, 6.45) is 3.08. The molecule has 1 aliphatic rings. The summed E-state index contributed by atoms with van der Waals surface area (Å²) in [4.78, 5) is 31.6. The summed E-state index contributed by atoms with van der Waals surface area (Å²) in [7, 11) is 0. The molecule has 1 fully saturated rings. The van der Waals surface area contributed by atoms with Crippen LogP contribution in [0, 0.1) is 0 Å². The van der Waals surface area contributed by atoms with Gasteiger partial charge in [0.2, 0.25) is 0 Å². The van der Waals surface area contributed by atoms with Crippen LogP contribution >= 0.6 is 11.6 Å². The topological polar surface area (TPSA) is 90.7 Å². The van der Waals surface area contributed by atoms with Crippen LogP contribution in [0.4, 0.5) is 5.69 Å². The minimum Gasteiger partial charge on any atom is -0.507 e. The van der Waals surface area contributed by atoms with Crippen molar-refractivity contribution in [1.29, 1.82) is 0 Å². The maximum Gasteiger partial charge on any atom is 0.300 e. The normalized spacial score (nSPS) is 17.6. The first-order chi connectivity index (χ1) is 16.0. The van der Waals surface area contributed by atoms with Gasteiger partial charge in [-0.05, 0) is 46.7 Å². The number of phenolic OH excluding ortho intramolecular Hbond substituents is 1. The zero-order chi connectivity index (χ0) is 23.1. The number of benzene rings is 3. The third kappa shape index (κ3) is 3.50. The first-order valence-electron chi connectivity index (χ1n) is 10.1. The van der Waals surface area contributed by atoms with E-state index in [0.717, 1.165) is 15.7 Å². The Labute approximate surface area is 194 Å². The lowest BCUT2D eigenvalue weighted by atomic mass is 9.95. The van der Waals surface area contributed by atoms with Crippen molar-refractivity contribution in [2.75, 3.05) is 4.90 Å². The predicted molar refractivity (Wildman–Crippen MR) is 126 cm³/mol. The lowest BCUT2D eigenvalue weighted by Gasteiger charge is -2.25. The summed E-state index contributed by atoms with van der Waals surface area (Å²) in [5.41, 5.74) is 0.869. The van der Waals surface area contributed by atoms with Crippen molar-refractivity contribution in [3.8, 4) is 5.75 Å². The SMILES string of the molecule is O=C1C(=O)N(c2cc(Cl)ccc2O)C(c2cccnc2)/C1=C(/O)c1ccc2ccccc2c1. The van der Waals surface area contributed by atoms with Gasteiger partial charge in [0, 0.05) is 23.0 Å². The van der Waals surface area contributed by atoms with E-state index in [9.17, 15) is 19.8 Å². The lowest BCUT2D eigenvalue weighted by Crippen LogP contribution is -2.29. The number of ketones is 1. The van der Waals surface area contributed by atoms with Crippen LogP contribution in [0.1, 0.15) is 17.2 Å². The van der Waals surface area contributed by atoms with Crippen molar-refractivity contribution in [2.24, 2.45) is 0 Å². The van der Waals surface area contributed by atoms with Crippen molar-refractivity contribution in [2.45, 2.75) is 6.04 Å². The number of pyridine rings is 1. The fourth-order valence-electron chi connectivity index (χ4n) is 4.12. The van der Waals surface area contributed by atoms with Gasteiger partial charge in [0.1, 0.15) is 11.5 Å². The molecule has 3 aromatic carbocycles. The highest BCUT2D eigenvalue weighted by molar-refractivity contribution is 6.52. The van der Waals surface area contributed by atoms with E-state index in [1.807, 2.05) is 30.3 Å². The third-order valence-electron chi connectivity index (χ3n) is 5.66. The molecule has 1 saturated heterocycles. The van der Waals surface area contributed by atoms with Crippen LogP contribution in [0.15, 0.2) is 90.8 Å². The highest BCUT2D eigenvalue weighted by Gasteiger charge is 2.47. The van der Waals surface area contributed by atoms with Crippen molar-refractivity contribution in [1.82, 2.24) is 4.98 Å². The average Bonchev–Trinajstić information content (AvgIpc) is 3.10. The Morgan fingerprint density at radius 2 is 1.73 bits per heavy atom. The standard InChI is InChI=1S/C26H17ClN2O4/c27-19-9-10-21(30)20(13-19)29-23(18-6-3-11-28-14-18)22(25(32)26(29)33)24(31)17-8-7-15-4-1-2-5-16(15)12-17/h1-14,23,30-31H/b24-22-. The number of carbonyl (C=O) groups is 2. The first-order valence-corrected chi connectivity index (χ1v) is 10.5. The lowest BCUT2D eigenvalue weighted by molar-refractivity contribution is -0.132. The maximum atomic E-state index is 13.2. The van der Waals surface area contributed by atoms with Crippen LogP contribution in [-0.2, 0) is 9.59 Å². The predicted octanol–water partition coefficient (Wildman–Crippen LogP) is 5.22. The van der Waals surface area contributed by atoms with Crippen LogP contribution in [-0.4, -0.2) is 26.9 Å². The number of aromatic hydroxyl groups is 1. The van der Waals surface area contributed by atoms with Crippen LogP contribution in [0.5, 0.6) is 5.75 Å². The summed E-state index contributed by atoms with van der Waals surface area (Å²) in [5.74, 6) is -2.28. The number of aliphatic hydroxyl groups is 1. The number of phenols is 1. The van der Waals surface area contributed by atoms with E-state index in [4.69, 9.17) is 11.6 Å². The molecule has 2 N–H and O–H groups in total. The van der Waals surface area contributed by atoms with E-state index < -0.39 is 17.7 Å². The molecule has 1 atom stereocenters. The zero-order valence-corrected chi connectivity index (χ0v) is 17.9. The van der Waals surface area contributed by atoms with E-state index in [0.29, 0.717) is 11.1 Å². The molecule has 4 aromatic rings. The number of hydrogen-bond donors (Lipinski definition) is 2. The van der Waals surface area contributed by atoms with Crippen molar-refractivity contribution in [3.63, 3.8) is 0 Å². The van der Waals surface area contributed by atoms with Crippen LogP contribution in [0.2, 0.25) is 5.02 Å². The van der Waals surface area contributed by atoms with Gasteiger partial charge in [0.25, 0.3) is 11.7 Å². The fraction of sp³-hybridized carbons (Fsp3) is 0.0385. The summed E-state index contributed by atoms with van der Waals surface area (Å²) in [5, 5.41) is 23.9. The molecular weight excluding hydrogens is 440 g/mol. The van der Waals surface area contributed by atoms with Crippen LogP contribution in [0.25, 0.3) is 16.5 Å². The second kappa shape index (κ2) is 8.07. The van der Waals surface area contributed by atoms with Crippen LogP contribution in [0.3, 0.4) is 0 Å². The number of Topliss-reactive ketones (excluding diaryl/α,β-unsaturated/α-hetero) is 1. The Kier molecular flexibility index (Phi) is 5.07. The minimum absolute atomic E-state index is 0.0658. The number of hydrogen-bond acceptors (Lipinski definition) is 5. The first kappa shape index (κ1) is 20.7. The number of aliphatic hydroxyl groups excluding tert-OH is 1. The van der Waals surface area contributed by atoms with Crippen molar-refractivity contribution in [3.05, 3.63) is 107 Å². The molecule has 1 aliphatic heterocycles. The molecule has 0 saturated carbocycles. The summed E-state index contributed by atoms with van der Waals surface area (Å²) >= 11 is 6.12. The largest absolute Gasteiger partial charge is 0.507 e. The summed E-state index contributed by atoms with van der Waals surface area (Å²) in [6, 6.07) is 19.5. The average molecular weight is 457 g/mol. The Morgan fingerprint density at radius 1 is 0.939 bits per heavy atom. The quantitative estimate of drug-likeness (QED) is 0.250. The summed E-state index contributed by atoms with van der Waals surface area (Å²) in [6.45, 7) is 0. The second-order valence-electron chi connectivity index (χ2n) is 7.65. The maximum absolute atomic E-state index is 13.2. The number of carbonyl (C=O) groups excluding carboxylic acids is 2. The molecule has 1 unspecified atom stereocenters. The minimum atomic E-state index is -1.01. The number of halogens is 1. The van der Waals surface area contributed by atoms with Crippen LogP contribution < -0.4 is 4.90 Å². The summed E-state index contributed by atoms with van der Waals surface area (Å²) < 4.78 is 0. The van der Waals surface area contributed by atoms with Gasteiger partial charge in [-0.15, -0.1) is 0 Å². The Balaban J connectivity index is 1.75. The van der Waals surface area contributed by atoms with Gasteiger partial charge >= 0.3 is 0 Å². The number of rotatable bonds is 3. The molecule has 5 rings (SSSR count). The highest BCUT2D eigenvalue weighted by Crippen LogP contribution is 2.45. The van der Waals surface area contributed by atoms with Gasteiger partial charge in [-0.25, -0.2) is 0 Å². The Hall–Kier alpha value is -4.16. The molecule has 0 aliphatic carbocycles. The molecule has 1 aromatic heterocycles. The van der Waals surface area contributed by atoms with Gasteiger partial charge in [0.05, 0.1) is 17.3 Å². The van der Waals surface area contributed by atoms with Gasteiger partial charge in [0.15, 0.2) is 0 Å². The number of anilines is 1. The van der Waals surface area contributed by atoms with Gasteiger partial charge < -0.3 is 10.2 Å². The molecule has 2 heterocycles. The molecule has 33 heavy (non-hydrogen) atoms. The van der Waals surface area contributed by atoms with Gasteiger partial charge in [-0.1, -0.05) is 54.1 Å². The van der Waals surface area contributed by atoms with E-state index in [1.165, 1.54) is 24.4 Å². The van der Waals surface area contributed by atoms with E-state index >= 15 is 0 Å². The molecule has 0 bridgehead atoms. The molecule has 162 valence electrons. The third-order valence-corrected chi connectivity index (χ3v) is 5.90. The van der Waals surface area contributed by atoms with Crippen molar-refractivity contribution >= 4 is 45.5 Å². The van der Waals surface area contributed by atoms with E-state index in [-0.39, 0.29) is 27.8 Å². The van der Waals surface area contributed by atoms with Gasteiger partial charge in [-0.2, -0.15) is 0 Å². The Morgan fingerprint density at radius 3 is 2.48 bits per heavy atom. The number of aromatic nitrogens is 1. The molecular formula is C26H17ClN2O4. The zero-order valence-electron chi connectivity index (χ0n) is 17.1. The number of nitrogens with zero attached hydrogens (tertiary/aromatic N) is 2. The van der Waals surface area contributed by atoms with Gasteiger partial charge in [-0.3, -0.25) is 19.5 Å². The molecule has 0 radical (unpaired) electrons. The van der Waals surface area contributed by atoms with E-state index in [2.05, 4.69) is 4.98 Å². The smallest absolute Gasteiger partial charge is 0.300 e. The van der Waals surface area contributed by atoms with E-state index in [1.54, 1.807) is 30.5 Å². The van der Waals surface area contributed by atoms with Crippen molar-refractivity contribution < 1.29 is 19.8 Å². The fourth-order valence-corrected chi connectivity index (χ4v) is 4.28. The molecule has 7 heteroatoms. The number of fused-ring (bicyclic) bond motifs is 1. The second-order valence-corrected chi connectivity index (χ2v) is 8.09. The molecule has 6 nitrogen and oxygen atoms in total. The highest BCUT2D eigenvalue weighted by atomic mass is 35.5. The molecule has 0 spiro atoms. The molecule has 1 amide bonds. The Bertz CT molecular complexity index is 1450.